The van der Waals surface area contributed by atoms with Crippen LogP contribution in [0, 0.1) is 16.8 Å². The van der Waals surface area contributed by atoms with Crippen LogP contribution in [0.5, 0.6) is 0 Å². The molecule has 0 saturated carbocycles. The Kier molecular flexibility index (Phi) is 11.1. The van der Waals surface area contributed by atoms with Gasteiger partial charge < -0.3 is 29.6 Å². The Balaban J connectivity index is 0.00000363. The third kappa shape index (κ3) is 7.64. The van der Waals surface area contributed by atoms with Gasteiger partial charge in [-0.15, -0.1) is 0 Å². The molecule has 0 spiro atoms. The van der Waals surface area contributed by atoms with E-state index in [-0.39, 0.29) is 56.7 Å². The van der Waals surface area contributed by atoms with Gasteiger partial charge in [-0.1, -0.05) is 78.5 Å². The summed E-state index contributed by atoms with van der Waals surface area (Å²) in [6.45, 7) is 8.81. The minimum Gasteiger partial charge on any atom is -0.360 e. The molecule has 2 N–H and O–H groups in total. The Bertz CT molecular complexity index is 817. The molecule has 32 heavy (non-hydrogen) atoms. The largest absolute Gasteiger partial charge is 0.360 e. The molecule has 2 aliphatic rings. The normalized spacial score (nSPS) is 23.5. The summed E-state index contributed by atoms with van der Waals surface area (Å²) in [6, 6.07) is 3.13. The van der Waals surface area contributed by atoms with Crippen molar-refractivity contribution < 1.29 is 61.2 Å². The first kappa shape index (κ1) is 29.5. The molecule has 0 aromatic heterocycles. The quantitative estimate of drug-likeness (QED) is 0.338. The summed E-state index contributed by atoms with van der Waals surface area (Å²) in [5.74, 6) is -1.86. The number of hydrogen-bond acceptors (Lipinski definition) is 6. The second-order valence-electron chi connectivity index (χ2n) is 8.14. The zero-order chi connectivity index (χ0) is 23.0. The maximum absolute atomic E-state index is 12.9. The monoisotopic (exact) mass is 858 g/mol. The number of rotatable bonds is 6. The average Bonchev–Trinajstić information content (AvgIpc) is 3.18. The molecule has 2 atom stereocenters. The maximum atomic E-state index is 12.9. The summed E-state index contributed by atoms with van der Waals surface area (Å²) in [5.41, 5.74) is 0.845. The first-order chi connectivity index (χ1) is 14.4. The number of halogens is 3. The third-order valence-corrected chi connectivity index (χ3v) is 7.36. The van der Waals surface area contributed by atoms with Gasteiger partial charge >= 0.3 is 0 Å². The van der Waals surface area contributed by atoms with Gasteiger partial charge in [0.15, 0.2) is 23.4 Å². The molecule has 2 fully saturated rings. The summed E-state index contributed by atoms with van der Waals surface area (Å²) < 4.78 is 24.4. The molecule has 3 rings (SSSR count). The SMILES string of the molecule is CC1(C)OCC(CNC(=O)c2c(I)[c-]c(I)c(C(=O)NCC3COC(C)(C)O3)c2I)O1.[Y]. The molecule has 8 nitrogen and oxygen atoms in total. The molecule has 1 aromatic carbocycles. The molecule has 1 aromatic rings. The van der Waals surface area contributed by atoms with E-state index >= 15 is 0 Å². The van der Waals surface area contributed by atoms with Gasteiger partial charge in [0.2, 0.25) is 0 Å². The summed E-state index contributed by atoms with van der Waals surface area (Å²) in [4.78, 5) is 25.8. The van der Waals surface area contributed by atoms with Crippen LogP contribution in [-0.4, -0.2) is 61.9 Å². The Morgan fingerprint density at radius 1 is 0.875 bits per heavy atom. The molecule has 1 radical (unpaired) electrons. The Hall–Kier alpha value is 1.29. The first-order valence-corrected chi connectivity index (χ1v) is 12.9. The predicted molar refractivity (Wildman–Crippen MR) is 138 cm³/mol. The molecule has 175 valence electrons. The van der Waals surface area contributed by atoms with E-state index < -0.39 is 11.6 Å². The summed E-state index contributed by atoms with van der Waals surface area (Å²) in [6.07, 6.45) is -0.439. The van der Waals surface area contributed by atoms with Crippen LogP contribution in [0.15, 0.2) is 0 Å². The number of nitrogens with one attached hydrogen (secondary N) is 2. The van der Waals surface area contributed by atoms with Crippen molar-refractivity contribution in [2.45, 2.75) is 51.5 Å². The van der Waals surface area contributed by atoms with Crippen molar-refractivity contribution in [1.29, 1.82) is 0 Å². The van der Waals surface area contributed by atoms with Gasteiger partial charge in [0.25, 0.3) is 0 Å². The number of ether oxygens (including phenoxy) is 4. The first-order valence-electron chi connectivity index (χ1n) is 9.68. The molecular weight excluding hydrogens is 834 g/mol. The molecule has 0 bridgehead atoms. The molecule has 2 aliphatic heterocycles. The van der Waals surface area contributed by atoms with Crippen molar-refractivity contribution in [3.63, 3.8) is 0 Å². The van der Waals surface area contributed by atoms with E-state index in [9.17, 15) is 9.59 Å². The summed E-state index contributed by atoms with van der Waals surface area (Å²) >= 11 is 6.18. The Morgan fingerprint density at radius 3 is 1.56 bits per heavy atom. The molecule has 2 unspecified atom stereocenters. The van der Waals surface area contributed by atoms with Crippen molar-refractivity contribution in [2.75, 3.05) is 26.3 Å². The third-order valence-electron chi connectivity index (χ3n) is 4.67. The molecule has 12 heteroatoms. The average molecular weight is 858 g/mol. The Morgan fingerprint density at radius 2 is 1.25 bits per heavy atom. The fraction of sp³-hybridized carbons (Fsp3) is 0.600. The van der Waals surface area contributed by atoms with Crippen LogP contribution >= 0.6 is 67.8 Å². The number of amides is 2. The van der Waals surface area contributed by atoms with Gasteiger partial charge in [0, 0.05) is 45.8 Å². The zero-order valence-corrected chi connectivity index (χ0v) is 27.5. The smallest absolute Gasteiger partial charge is 0.197 e. The molecular formula is C20H24I3N2O6Y-. The van der Waals surface area contributed by atoms with Crippen LogP contribution in [0.25, 0.3) is 0 Å². The fourth-order valence-electron chi connectivity index (χ4n) is 3.25. The minimum atomic E-state index is -0.649. The number of hydrogen-bond donors (Lipinski definition) is 2. The van der Waals surface area contributed by atoms with E-state index in [1.54, 1.807) is 0 Å². The van der Waals surface area contributed by atoms with Crippen molar-refractivity contribution in [3.05, 3.63) is 27.9 Å². The maximum Gasteiger partial charge on any atom is 0.197 e. The topological polar surface area (TPSA) is 95.1 Å². The summed E-state index contributed by atoms with van der Waals surface area (Å²) in [5, 5.41) is 5.77. The molecule has 0 aliphatic carbocycles. The van der Waals surface area contributed by atoms with Gasteiger partial charge in [-0.3, -0.25) is 9.59 Å². The Labute approximate surface area is 254 Å². The van der Waals surface area contributed by atoms with Crippen LogP contribution in [0.4, 0.5) is 0 Å². The van der Waals surface area contributed by atoms with Crippen molar-refractivity contribution in [3.8, 4) is 0 Å². The summed E-state index contributed by atoms with van der Waals surface area (Å²) in [7, 11) is 0. The minimum absolute atomic E-state index is 0. The van der Waals surface area contributed by atoms with Gasteiger partial charge in [0.05, 0.1) is 13.2 Å². The van der Waals surface area contributed by atoms with E-state index in [4.69, 9.17) is 18.9 Å². The van der Waals surface area contributed by atoms with Crippen LogP contribution < -0.4 is 10.6 Å². The van der Waals surface area contributed by atoms with Gasteiger partial charge in [-0.25, -0.2) is 0 Å². The van der Waals surface area contributed by atoms with E-state index in [0.717, 1.165) is 0 Å². The zero-order valence-electron chi connectivity index (χ0n) is 18.1. The molecule has 2 amide bonds. The number of benzene rings is 1. The molecule has 2 saturated heterocycles. The van der Waals surface area contributed by atoms with Crippen molar-refractivity contribution in [2.24, 2.45) is 0 Å². The van der Waals surface area contributed by atoms with E-state index in [1.807, 2.05) is 50.3 Å². The second-order valence-corrected chi connectivity index (χ2v) is 11.4. The fourth-order valence-corrected chi connectivity index (χ4v) is 7.40. The van der Waals surface area contributed by atoms with Crippen LogP contribution in [-0.2, 0) is 51.7 Å². The van der Waals surface area contributed by atoms with Crippen molar-refractivity contribution >= 4 is 79.6 Å². The number of carbonyl (C=O) groups excluding carboxylic acids is 2. The predicted octanol–water partition coefficient (Wildman–Crippen LogP) is 3.06. The van der Waals surface area contributed by atoms with Crippen LogP contribution in [0.1, 0.15) is 48.4 Å². The van der Waals surface area contributed by atoms with Crippen LogP contribution in [0.3, 0.4) is 0 Å². The van der Waals surface area contributed by atoms with E-state index in [0.29, 0.717) is 48.1 Å². The second kappa shape index (κ2) is 12.0. The molecule has 2 heterocycles. The van der Waals surface area contributed by atoms with Crippen LogP contribution in [0.2, 0.25) is 0 Å². The van der Waals surface area contributed by atoms with Gasteiger partial charge in [-0.2, -0.15) is 6.07 Å². The van der Waals surface area contributed by atoms with E-state index in [1.165, 1.54) is 0 Å². The van der Waals surface area contributed by atoms with Gasteiger partial charge in [-0.05, 0) is 38.8 Å². The van der Waals surface area contributed by atoms with E-state index in [2.05, 4.69) is 61.9 Å². The number of carbonyl (C=O) groups is 2. The van der Waals surface area contributed by atoms with Gasteiger partial charge in [0.1, 0.15) is 12.2 Å². The van der Waals surface area contributed by atoms with Crippen molar-refractivity contribution in [1.82, 2.24) is 10.6 Å². The standard InChI is InChI=1S/C20H24I3N2O6.Y/c1-19(2)28-8-10(30-19)6-24-17(26)14-12(21)5-13(22)15(16(14)23)18(27)25-7-11-9-29-20(3,4)31-11;/h10-11H,6-9H2,1-4H3,(H,24,26)(H,25,27);/q-1;.